The van der Waals surface area contributed by atoms with Crippen LogP contribution in [-0.4, -0.2) is 44.3 Å². The minimum atomic E-state index is -3.52. The molecule has 0 radical (unpaired) electrons. The predicted octanol–water partition coefficient (Wildman–Crippen LogP) is 1.63. The molecule has 1 aromatic carbocycles. The molecule has 0 atom stereocenters. The van der Waals surface area contributed by atoms with E-state index in [4.69, 9.17) is 0 Å². The van der Waals surface area contributed by atoms with Crippen molar-refractivity contribution in [3.05, 3.63) is 29.8 Å². The van der Waals surface area contributed by atoms with E-state index in [1.807, 2.05) is 6.92 Å². The molecule has 9 heteroatoms. The van der Waals surface area contributed by atoms with Crippen LogP contribution in [-0.2, 0) is 26.0 Å². The van der Waals surface area contributed by atoms with Crippen molar-refractivity contribution < 1.29 is 18.0 Å². The zero-order valence-electron chi connectivity index (χ0n) is 15.7. The lowest BCUT2D eigenvalue weighted by Crippen LogP contribution is -2.57. The van der Waals surface area contributed by atoms with Gasteiger partial charge >= 0.3 is 0 Å². The Morgan fingerprint density at radius 1 is 1.15 bits per heavy atom. The summed E-state index contributed by atoms with van der Waals surface area (Å²) in [5, 5.41) is 8.66. The fourth-order valence-electron chi connectivity index (χ4n) is 3.10. The van der Waals surface area contributed by atoms with Crippen molar-refractivity contribution in [2.75, 3.05) is 24.7 Å². The van der Waals surface area contributed by atoms with Gasteiger partial charge in [-0.3, -0.25) is 9.59 Å². The summed E-state index contributed by atoms with van der Waals surface area (Å²) >= 11 is 0. The summed E-state index contributed by atoms with van der Waals surface area (Å²) in [5.41, 5.74) is 1.54. The summed E-state index contributed by atoms with van der Waals surface area (Å²) in [4.78, 5) is 24.2. The summed E-state index contributed by atoms with van der Waals surface area (Å²) in [7, 11) is -3.52. The van der Waals surface area contributed by atoms with E-state index in [-0.39, 0.29) is 37.7 Å². The molecule has 0 aromatic heterocycles. The molecule has 1 aliphatic heterocycles. The van der Waals surface area contributed by atoms with Crippen molar-refractivity contribution in [3.8, 4) is 0 Å². The highest BCUT2D eigenvalue weighted by molar-refractivity contribution is 7.92. The number of sulfone groups is 1. The van der Waals surface area contributed by atoms with Gasteiger partial charge in [0.25, 0.3) is 0 Å². The number of nitrogens with one attached hydrogen (secondary N) is 3. The molecule has 0 aliphatic carbocycles. The van der Waals surface area contributed by atoms with Crippen LogP contribution in [0, 0.1) is 0 Å². The molecule has 0 unspecified atom stereocenters. The van der Waals surface area contributed by atoms with Crippen molar-refractivity contribution >= 4 is 39.7 Å². The second-order valence-electron chi connectivity index (χ2n) is 6.69. The number of halogens is 1. The van der Waals surface area contributed by atoms with Crippen LogP contribution < -0.4 is 16.0 Å². The third-order valence-corrected chi connectivity index (χ3v) is 6.72. The number of rotatable bonds is 7. The smallest absolute Gasteiger partial charge is 0.241 e. The average molecular weight is 418 g/mol. The molecule has 0 spiro atoms. The van der Waals surface area contributed by atoms with Gasteiger partial charge in [-0.05, 0) is 50.0 Å². The lowest BCUT2D eigenvalue weighted by Gasteiger charge is -2.34. The Morgan fingerprint density at radius 3 is 2.26 bits per heavy atom. The molecule has 1 fully saturated rings. The first-order valence-corrected chi connectivity index (χ1v) is 10.7. The van der Waals surface area contributed by atoms with Crippen LogP contribution in [0.25, 0.3) is 0 Å². The van der Waals surface area contributed by atoms with Gasteiger partial charge in [-0.1, -0.05) is 19.1 Å². The van der Waals surface area contributed by atoms with Crippen LogP contribution in [0.3, 0.4) is 0 Å². The van der Waals surface area contributed by atoms with Crippen LogP contribution in [0.15, 0.2) is 24.3 Å². The fraction of sp³-hybridized carbons (Fsp3) is 0.556. The molecular weight excluding hydrogens is 390 g/mol. The summed E-state index contributed by atoms with van der Waals surface area (Å²) in [5.74, 6) is -0.476. The first-order chi connectivity index (χ1) is 12.3. The van der Waals surface area contributed by atoms with E-state index < -0.39 is 20.5 Å². The highest BCUT2D eigenvalue weighted by Crippen LogP contribution is 2.28. The lowest BCUT2D eigenvalue weighted by atomic mass is 9.95. The number of carbonyl (C=O) groups excluding carboxylic acids is 2. The highest BCUT2D eigenvalue weighted by Gasteiger charge is 2.48. The zero-order chi connectivity index (χ0) is 19.2. The summed E-state index contributed by atoms with van der Waals surface area (Å²) < 4.78 is 23.1. The quantitative estimate of drug-likeness (QED) is 0.625. The van der Waals surface area contributed by atoms with Crippen molar-refractivity contribution in [2.45, 2.75) is 43.9 Å². The van der Waals surface area contributed by atoms with E-state index >= 15 is 0 Å². The second kappa shape index (κ2) is 10.1. The van der Waals surface area contributed by atoms with Crippen LogP contribution in [0.4, 0.5) is 5.69 Å². The Morgan fingerprint density at radius 2 is 1.74 bits per heavy atom. The molecule has 7 nitrogen and oxygen atoms in total. The Kier molecular flexibility index (Phi) is 8.71. The first-order valence-electron chi connectivity index (χ1n) is 8.86. The fourth-order valence-corrected chi connectivity index (χ4v) is 4.45. The van der Waals surface area contributed by atoms with Gasteiger partial charge in [0.15, 0.2) is 14.6 Å². The van der Waals surface area contributed by atoms with E-state index in [0.717, 1.165) is 18.2 Å². The van der Waals surface area contributed by atoms with Gasteiger partial charge in [0.05, 0.1) is 0 Å². The van der Waals surface area contributed by atoms with Gasteiger partial charge in [0.2, 0.25) is 11.8 Å². The second-order valence-corrected chi connectivity index (χ2v) is 9.02. The normalized spacial score (nSPS) is 16.1. The third-order valence-electron chi connectivity index (χ3n) is 4.70. The highest BCUT2D eigenvalue weighted by atomic mass is 35.5. The number of hydrogen-bond donors (Lipinski definition) is 3. The topological polar surface area (TPSA) is 104 Å². The lowest BCUT2D eigenvalue weighted by molar-refractivity contribution is -0.124. The van der Waals surface area contributed by atoms with E-state index in [1.54, 1.807) is 24.3 Å². The summed E-state index contributed by atoms with van der Waals surface area (Å²) in [6, 6.07) is 7.15. The van der Waals surface area contributed by atoms with E-state index in [9.17, 15) is 18.0 Å². The molecule has 1 aliphatic rings. The van der Waals surface area contributed by atoms with Crippen LogP contribution in [0.5, 0.6) is 0 Å². The molecule has 1 heterocycles. The Balaban J connectivity index is 0.00000364. The Labute approximate surface area is 167 Å². The maximum absolute atomic E-state index is 12.6. The van der Waals surface area contributed by atoms with Crippen molar-refractivity contribution in [2.24, 2.45) is 0 Å². The summed E-state index contributed by atoms with van der Waals surface area (Å²) in [6.07, 6.45) is 2.94. The van der Waals surface area contributed by atoms with Crippen LogP contribution in [0.2, 0.25) is 0 Å². The monoisotopic (exact) mass is 417 g/mol. The SMILES string of the molecule is CCCC(=O)Nc1ccc(CNC(=O)C2(S(C)(=O)=O)CCNCC2)cc1.Cl. The molecule has 27 heavy (non-hydrogen) atoms. The number of carbonyl (C=O) groups is 2. The van der Waals surface area contributed by atoms with Crippen molar-refractivity contribution in [1.82, 2.24) is 10.6 Å². The molecule has 2 rings (SSSR count). The molecule has 1 saturated heterocycles. The van der Waals surface area contributed by atoms with Gasteiger partial charge < -0.3 is 16.0 Å². The first kappa shape index (κ1) is 23.4. The molecule has 152 valence electrons. The van der Waals surface area contributed by atoms with E-state index in [0.29, 0.717) is 25.2 Å². The maximum atomic E-state index is 12.6. The summed E-state index contributed by atoms with van der Waals surface area (Å²) in [6.45, 7) is 3.20. The van der Waals surface area contributed by atoms with Crippen LogP contribution in [0.1, 0.15) is 38.2 Å². The molecule has 0 saturated carbocycles. The van der Waals surface area contributed by atoms with Crippen LogP contribution >= 0.6 is 12.4 Å². The molecular formula is C18H28ClN3O4S. The largest absolute Gasteiger partial charge is 0.351 e. The molecule has 0 bridgehead atoms. The number of amides is 2. The number of anilines is 1. The minimum Gasteiger partial charge on any atom is -0.351 e. The molecule has 2 amide bonds. The van der Waals surface area contributed by atoms with Crippen molar-refractivity contribution in [3.63, 3.8) is 0 Å². The Bertz CT molecular complexity index is 744. The molecule has 1 aromatic rings. The van der Waals surface area contributed by atoms with Crippen molar-refractivity contribution in [1.29, 1.82) is 0 Å². The average Bonchev–Trinajstić information content (AvgIpc) is 2.60. The number of piperidine rings is 1. The van der Waals surface area contributed by atoms with E-state index in [2.05, 4.69) is 16.0 Å². The zero-order valence-corrected chi connectivity index (χ0v) is 17.3. The minimum absolute atomic E-state index is 0. The third kappa shape index (κ3) is 5.92. The number of benzene rings is 1. The van der Waals surface area contributed by atoms with Gasteiger partial charge in [-0.25, -0.2) is 8.42 Å². The number of hydrogen-bond acceptors (Lipinski definition) is 5. The standard InChI is InChI=1S/C18H27N3O4S.ClH/c1-3-4-16(22)21-15-7-5-14(6-8-15)13-20-17(23)18(26(2,24)25)9-11-19-12-10-18;/h5-8,19H,3-4,9-13H2,1-2H3,(H,20,23)(H,21,22);1H. The van der Waals surface area contributed by atoms with Gasteiger partial charge in [-0.2, -0.15) is 0 Å². The predicted molar refractivity (Wildman–Crippen MR) is 109 cm³/mol. The molecule has 3 N–H and O–H groups in total. The van der Waals surface area contributed by atoms with Gasteiger partial charge in [-0.15, -0.1) is 12.4 Å². The maximum Gasteiger partial charge on any atom is 0.241 e. The van der Waals surface area contributed by atoms with E-state index in [1.165, 1.54) is 0 Å². The van der Waals surface area contributed by atoms with Gasteiger partial charge in [0.1, 0.15) is 0 Å². The van der Waals surface area contributed by atoms with Gasteiger partial charge in [0, 0.05) is 24.9 Å². The Hall–Kier alpha value is -1.64.